The van der Waals surface area contributed by atoms with Crippen molar-refractivity contribution in [3.8, 4) is 0 Å². The summed E-state index contributed by atoms with van der Waals surface area (Å²) in [5.74, 6) is 3.84. The van der Waals surface area contributed by atoms with Crippen molar-refractivity contribution in [1.82, 2.24) is 15.5 Å². The second-order valence-corrected chi connectivity index (χ2v) is 19.6. The molecule has 6 heterocycles. The maximum absolute atomic E-state index is 7.66. The Morgan fingerprint density at radius 2 is 1.79 bits per heavy atom. The van der Waals surface area contributed by atoms with Crippen molar-refractivity contribution < 1.29 is 4.74 Å². The average molecular weight is 826 g/mol. The summed E-state index contributed by atoms with van der Waals surface area (Å²) in [7, 11) is 0. The molecule has 1 saturated carbocycles. The number of ether oxygens (including phenoxy) is 1. The second-order valence-electron chi connectivity index (χ2n) is 19.6. The molecule has 0 radical (unpaired) electrons. The van der Waals surface area contributed by atoms with E-state index in [0.717, 1.165) is 79.9 Å². The molecule has 0 saturated heterocycles. The molecule has 314 valence electrons. The van der Waals surface area contributed by atoms with E-state index in [2.05, 4.69) is 181 Å². The van der Waals surface area contributed by atoms with Crippen LogP contribution in [0.5, 0.6) is 0 Å². The fourth-order valence-corrected chi connectivity index (χ4v) is 13.1. The highest BCUT2D eigenvalue weighted by Gasteiger charge is 2.80. The third kappa shape index (κ3) is 5.55. The Bertz CT molecular complexity index is 2750. The Hall–Kier alpha value is -6.14. The quantitative estimate of drug-likeness (QED) is 0.297. The number of aliphatic imine (C=N–C) groups is 2. The van der Waals surface area contributed by atoms with Crippen LogP contribution < -0.4 is 10.6 Å². The maximum Gasteiger partial charge on any atom is 0.147 e. The first-order valence-electron chi connectivity index (χ1n) is 23.6. The number of hydrogen-bond donors (Lipinski definition) is 2. The summed E-state index contributed by atoms with van der Waals surface area (Å²) in [5, 5.41) is 7.99. The highest BCUT2D eigenvalue weighted by atomic mass is 16.5. The number of hydrogen-bond acceptors (Lipinski definition) is 6. The lowest BCUT2D eigenvalue weighted by Gasteiger charge is -2.44. The van der Waals surface area contributed by atoms with Gasteiger partial charge in [0, 0.05) is 29.6 Å². The highest BCUT2D eigenvalue weighted by molar-refractivity contribution is 6.14. The van der Waals surface area contributed by atoms with E-state index in [4.69, 9.17) is 14.7 Å². The predicted octanol–water partition coefficient (Wildman–Crippen LogP) is 11.5. The molecule has 8 unspecified atom stereocenters. The Labute approximate surface area is 371 Å². The first-order chi connectivity index (χ1) is 31.0. The fraction of sp³-hybridized carbons (Fsp3) is 0.333. The maximum atomic E-state index is 7.66. The van der Waals surface area contributed by atoms with Crippen LogP contribution in [0.15, 0.2) is 219 Å². The van der Waals surface area contributed by atoms with E-state index in [9.17, 15) is 0 Å². The zero-order chi connectivity index (χ0) is 41.8. The SMILES string of the molecule is CC1(N2/C=C\C3=C(CC4=CCCC=C42)C2C4=CCC5(C6=CC=CC=C[C@@]65C5=NC(c6ccccc6)NC(=N5)C5=CC(C6=CC(C7C=CC=CC7)CC=C6)=CNC54)C2O3)C=CCCC1. The zero-order valence-electron chi connectivity index (χ0n) is 36.1. The van der Waals surface area contributed by atoms with E-state index in [-0.39, 0.29) is 35.2 Å². The van der Waals surface area contributed by atoms with Crippen LogP contribution in [0, 0.1) is 28.6 Å². The van der Waals surface area contributed by atoms with Crippen LogP contribution in [0.25, 0.3) is 0 Å². The third-order valence-corrected chi connectivity index (χ3v) is 16.3. The topological polar surface area (TPSA) is 61.2 Å². The number of nitrogens with zero attached hydrogens (tertiary/aromatic N) is 3. The molecule has 4 bridgehead atoms. The van der Waals surface area contributed by atoms with Crippen molar-refractivity contribution in [3.05, 3.63) is 214 Å². The van der Waals surface area contributed by atoms with Crippen molar-refractivity contribution in [3.63, 3.8) is 0 Å². The van der Waals surface area contributed by atoms with Crippen LogP contribution in [0.1, 0.15) is 76.4 Å². The normalized spacial score (nSPS) is 37.8. The molecule has 2 N–H and O–H groups in total. The van der Waals surface area contributed by atoms with Gasteiger partial charge in [0.2, 0.25) is 0 Å². The fourth-order valence-electron chi connectivity index (χ4n) is 13.1. The predicted molar refractivity (Wildman–Crippen MR) is 254 cm³/mol. The van der Waals surface area contributed by atoms with Gasteiger partial charge in [-0.2, -0.15) is 0 Å². The van der Waals surface area contributed by atoms with Gasteiger partial charge in [-0.15, -0.1) is 0 Å². The monoisotopic (exact) mass is 825 g/mol. The standard InChI is InChI=1S/C57H55N5O/c1-55(28-13-5-14-29-55)62-32-27-47-44(34-41-21-11-12-24-46(41)62)49-43-26-31-56(51(49)63-47)48-25-10-4-15-30-57(48,56)54-60-52(38-19-8-3-9-20-38)59-53(61-54)45-35-42(36-58-50(43)45)40-23-16-22-39(33-40)37-17-6-2-7-18-37/h2-4,6-10,13,15-17,19-21,23-28,30,32-33,35-37,39,49-52,58H,5,11-12,14,18,22,29,31,34H2,1H3,(H,59,60,61)/b32-27-/t37?,39?,49?,50?,51?,52?,55?,56?,57-/m0/s1. The van der Waals surface area contributed by atoms with Crippen molar-refractivity contribution in [2.24, 2.45) is 38.6 Å². The molecule has 63 heavy (non-hydrogen) atoms. The Morgan fingerprint density at radius 3 is 2.68 bits per heavy atom. The van der Waals surface area contributed by atoms with Crippen molar-refractivity contribution in [2.45, 2.75) is 88.6 Å². The van der Waals surface area contributed by atoms with Gasteiger partial charge in [0.05, 0.1) is 22.4 Å². The summed E-state index contributed by atoms with van der Waals surface area (Å²) in [5.41, 5.74) is 10.7. The van der Waals surface area contributed by atoms with Gasteiger partial charge < -0.3 is 20.3 Å². The number of dihydropyridines is 1. The number of amidine groups is 2. The molecule has 7 aliphatic carbocycles. The molecule has 13 aliphatic rings. The van der Waals surface area contributed by atoms with Crippen LogP contribution in [0.4, 0.5) is 0 Å². The number of fused-ring (bicyclic) bond motifs is 2. The summed E-state index contributed by atoms with van der Waals surface area (Å²) in [4.78, 5) is 13.9. The van der Waals surface area contributed by atoms with Gasteiger partial charge in [0.1, 0.15) is 29.7 Å². The van der Waals surface area contributed by atoms with Crippen LogP contribution in [0.3, 0.4) is 0 Å². The molecular formula is C57H55N5O. The first kappa shape index (κ1) is 37.4. The lowest BCUT2D eigenvalue weighted by atomic mass is 9.65. The Kier molecular flexibility index (Phi) is 8.43. The summed E-state index contributed by atoms with van der Waals surface area (Å²) < 4.78 is 7.66. The minimum Gasteiger partial charge on any atom is -0.488 e. The third-order valence-electron chi connectivity index (χ3n) is 16.3. The molecule has 0 aromatic heterocycles. The van der Waals surface area contributed by atoms with E-state index in [1.165, 1.54) is 45.6 Å². The van der Waals surface area contributed by atoms with E-state index in [0.29, 0.717) is 11.8 Å². The average Bonchev–Trinajstić information content (AvgIpc) is 3.83. The summed E-state index contributed by atoms with van der Waals surface area (Å²) >= 11 is 0. The van der Waals surface area contributed by atoms with Crippen molar-refractivity contribution >= 4 is 11.7 Å². The summed E-state index contributed by atoms with van der Waals surface area (Å²) in [6, 6.07) is 10.6. The van der Waals surface area contributed by atoms with Crippen LogP contribution in [-0.2, 0) is 4.74 Å². The van der Waals surface area contributed by atoms with Gasteiger partial charge in [-0.25, -0.2) is 9.98 Å². The molecule has 1 aromatic rings. The molecule has 1 aromatic carbocycles. The highest BCUT2D eigenvalue weighted by Crippen LogP contribution is 2.79. The Balaban J connectivity index is 0.989. The minimum atomic E-state index is -0.522. The number of rotatable bonds is 4. The van der Waals surface area contributed by atoms with Crippen molar-refractivity contribution in [2.75, 3.05) is 0 Å². The molecule has 0 amide bonds. The first-order valence-corrected chi connectivity index (χ1v) is 23.6. The minimum absolute atomic E-state index is 0.0615. The largest absolute Gasteiger partial charge is 0.488 e. The summed E-state index contributed by atoms with van der Waals surface area (Å²) in [6.45, 7) is 2.41. The molecule has 2 spiro atoms. The van der Waals surface area contributed by atoms with Crippen LogP contribution in [0.2, 0.25) is 0 Å². The molecule has 6 aliphatic heterocycles. The van der Waals surface area contributed by atoms with Gasteiger partial charge >= 0.3 is 0 Å². The van der Waals surface area contributed by atoms with Gasteiger partial charge in [0.25, 0.3) is 0 Å². The van der Waals surface area contributed by atoms with Crippen molar-refractivity contribution in [1.29, 1.82) is 0 Å². The second kappa shape index (κ2) is 14.2. The van der Waals surface area contributed by atoms with Crippen LogP contribution in [-0.4, -0.2) is 34.3 Å². The van der Waals surface area contributed by atoms with E-state index < -0.39 is 5.41 Å². The van der Waals surface area contributed by atoms with E-state index in [1.807, 2.05) is 0 Å². The number of allylic oxidation sites excluding steroid dienone is 20. The lowest BCUT2D eigenvalue weighted by molar-refractivity contribution is 0.0462. The number of nitrogens with one attached hydrogen (secondary N) is 2. The smallest absolute Gasteiger partial charge is 0.147 e. The molecular weight excluding hydrogens is 771 g/mol. The van der Waals surface area contributed by atoms with E-state index in [1.54, 1.807) is 0 Å². The Morgan fingerprint density at radius 1 is 0.873 bits per heavy atom. The summed E-state index contributed by atoms with van der Waals surface area (Å²) in [6.07, 6.45) is 58.6. The van der Waals surface area contributed by atoms with E-state index >= 15 is 0 Å². The van der Waals surface area contributed by atoms with Gasteiger partial charge in [-0.1, -0.05) is 134 Å². The molecule has 6 nitrogen and oxygen atoms in total. The molecule has 6 heteroatoms. The molecule has 1 fully saturated rings. The van der Waals surface area contributed by atoms with Gasteiger partial charge in [-0.3, -0.25) is 0 Å². The van der Waals surface area contributed by atoms with Gasteiger partial charge in [0.15, 0.2) is 0 Å². The van der Waals surface area contributed by atoms with Crippen LogP contribution >= 0.6 is 0 Å². The lowest BCUT2D eigenvalue weighted by Crippen LogP contribution is -2.50. The number of benzene rings is 1. The van der Waals surface area contributed by atoms with Gasteiger partial charge in [-0.05, 0) is 128 Å². The zero-order valence-corrected chi connectivity index (χ0v) is 36.1. The molecule has 9 atom stereocenters. The molecule has 14 rings (SSSR count).